The van der Waals surface area contributed by atoms with Gasteiger partial charge in [0, 0.05) is 12.1 Å². The summed E-state index contributed by atoms with van der Waals surface area (Å²) in [5, 5.41) is 3.06. The molecule has 1 fully saturated rings. The van der Waals surface area contributed by atoms with Crippen LogP contribution in [0.25, 0.3) is 0 Å². The van der Waals surface area contributed by atoms with Crippen molar-refractivity contribution in [1.82, 2.24) is 5.32 Å². The Morgan fingerprint density at radius 2 is 2.33 bits per heavy atom. The van der Waals surface area contributed by atoms with E-state index in [4.69, 9.17) is 5.73 Å². The highest BCUT2D eigenvalue weighted by atomic mass is 15.0. The molecule has 2 atom stereocenters. The van der Waals surface area contributed by atoms with Crippen LogP contribution in [0.2, 0.25) is 0 Å². The van der Waals surface area contributed by atoms with Crippen molar-refractivity contribution in [2.75, 3.05) is 7.05 Å². The van der Waals surface area contributed by atoms with Crippen LogP contribution in [-0.2, 0) is 0 Å². The largest absolute Gasteiger partial charge is 0.326 e. The number of hydrogen-bond acceptors (Lipinski definition) is 2. The molecule has 0 bridgehead atoms. The third-order valence-corrected chi connectivity index (χ3v) is 1.21. The lowest BCUT2D eigenvalue weighted by Crippen LogP contribution is -2.17. The first-order chi connectivity index (χ1) is 2.84. The first-order valence-electron chi connectivity index (χ1n) is 2.27. The Bertz CT molecular complexity index is 51.5. The fraction of sp³-hybridized carbons (Fsp3) is 1.00. The summed E-state index contributed by atoms with van der Waals surface area (Å²) in [6.45, 7) is 0. The van der Waals surface area contributed by atoms with Crippen LogP contribution >= 0.6 is 0 Å². The van der Waals surface area contributed by atoms with Gasteiger partial charge in [-0.1, -0.05) is 0 Å². The Hall–Kier alpha value is -0.0800. The molecule has 0 saturated heterocycles. The molecule has 1 aliphatic rings. The molecule has 0 amide bonds. The zero-order valence-electron chi connectivity index (χ0n) is 3.94. The smallest absolute Gasteiger partial charge is 0.0231 e. The Morgan fingerprint density at radius 3 is 2.33 bits per heavy atom. The highest BCUT2D eigenvalue weighted by Gasteiger charge is 2.30. The van der Waals surface area contributed by atoms with Gasteiger partial charge in [0.2, 0.25) is 0 Å². The summed E-state index contributed by atoms with van der Waals surface area (Å²) in [6.07, 6.45) is 1.16. The van der Waals surface area contributed by atoms with Gasteiger partial charge in [0.1, 0.15) is 0 Å². The second kappa shape index (κ2) is 1.21. The van der Waals surface area contributed by atoms with Crippen LogP contribution in [0, 0.1) is 0 Å². The van der Waals surface area contributed by atoms with Gasteiger partial charge in [0.05, 0.1) is 0 Å². The lowest BCUT2D eigenvalue weighted by molar-refractivity contribution is 0.777. The third kappa shape index (κ3) is 0.533. The normalized spacial score (nSPS) is 43.0. The molecule has 36 valence electrons. The second-order valence-corrected chi connectivity index (χ2v) is 1.79. The molecule has 0 spiro atoms. The predicted molar refractivity (Wildman–Crippen MR) is 25.4 cm³/mol. The monoisotopic (exact) mass is 86.1 g/mol. The average Bonchev–Trinajstić information content (AvgIpc) is 2.19. The quantitative estimate of drug-likeness (QED) is 0.443. The molecule has 0 radical (unpaired) electrons. The van der Waals surface area contributed by atoms with E-state index in [1.54, 1.807) is 0 Å². The highest BCUT2D eigenvalue weighted by Crippen LogP contribution is 2.15. The topological polar surface area (TPSA) is 38.0 Å². The van der Waals surface area contributed by atoms with Gasteiger partial charge in [-0.25, -0.2) is 0 Å². The van der Waals surface area contributed by atoms with Crippen molar-refractivity contribution in [1.29, 1.82) is 0 Å². The zero-order chi connectivity index (χ0) is 4.57. The maximum atomic E-state index is 5.41. The number of likely N-dealkylation sites (N-methyl/N-ethyl adjacent to an activating group) is 1. The summed E-state index contributed by atoms with van der Waals surface area (Å²) in [7, 11) is 1.94. The maximum Gasteiger partial charge on any atom is 0.0231 e. The molecule has 0 aromatic rings. The highest BCUT2D eigenvalue weighted by molar-refractivity contribution is 4.95. The molecule has 0 unspecified atom stereocenters. The number of nitrogens with one attached hydrogen (secondary N) is 1. The third-order valence-electron chi connectivity index (χ3n) is 1.21. The van der Waals surface area contributed by atoms with Gasteiger partial charge in [0.15, 0.2) is 0 Å². The second-order valence-electron chi connectivity index (χ2n) is 1.79. The van der Waals surface area contributed by atoms with Crippen LogP contribution in [0.3, 0.4) is 0 Å². The molecule has 1 rings (SSSR count). The summed E-state index contributed by atoms with van der Waals surface area (Å²) in [5.74, 6) is 0. The summed E-state index contributed by atoms with van der Waals surface area (Å²) in [6, 6.07) is 1.08. The fourth-order valence-corrected chi connectivity index (χ4v) is 0.547. The maximum absolute atomic E-state index is 5.41. The van der Waals surface area contributed by atoms with E-state index in [9.17, 15) is 0 Å². The van der Waals surface area contributed by atoms with Crippen molar-refractivity contribution in [3.8, 4) is 0 Å². The van der Waals surface area contributed by atoms with Crippen molar-refractivity contribution in [3.05, 3.63) is 0 Å². The molecule has 3 N–H and O–H groups in total. The van der Waals surface area contributed by atoms with Gasteiger partial charge in [-0.3, -0.25) is 0 Å². The Balaban J connectivity index is 2.09. The summed E-state index contributed by atoms with van der Waals surface area (Å²) < 4.78 is 0. The van der Waals surface area contributed by atoms with Crippen molar-refractivity contribution in [2.45, 2.75) is 18.5 Å². The van der Waals surface area contributed by atoms with Gasteiger partial charge < -0.3 is 11.1 Å². The summed E-state index contributed by atoms with van der Waals surface area (Å²) in [4.78, 5) is 0. The van der Waals surface area contributed by atoms with Crippen LogP contribution in [0.5, 0.6) is 0 Å². The number of hydrogen-bond donors (Lipinski definition) is 2. The summed E-state index contributed by atoms with van der Waals surface area (Å²) in [5.41, 5.74) is 5.41. The molecule has 0 aromatic carbocycles. The minimum absolute atomic E-state index is 0.454. The summed E-state index contributed by atoms with van der Waals surface area (Å²) >= 11 is 0. The minimum Gasteiger partial charge on any atom is -0.326 e. The van der Waals surface area contributed by atoms with E-state index in [2.05, 4.69) is 5.32 Å². The first kappa shape index (κ1) is 4.09. The minimum atomic E-state index is 0.454. The first-order valence-corrected chi connectivity index (χ1v) is 2.27. The van der Waals surface area contributed by atoms with Gasteiger partial charge in [0.25, 0.3) is 0 Å². The van der Waals surface area contributed by atoms with E-state index >= 15 is 0 Å². The van der Waals surface area contributed by atoms with Crippen LogP contribution in [-0.4, -0.2) is 19.1 Å². The zero-order valence-corrected chi connectivity index (χ0v) is 3.94. The van der Waals surface area contributed by atoms with Gasteiger partial charge in [-0.2, -0.15) is 0 Å². The van der Waals surface area contributed by atoms with Crippen LogP contribution in [0.15, 0.2) is 0 Å². The van der Waals surface area contributed by atoms with Gasteiger partial charge in [-0.05, 0) is 13.5 Å². The van der Waals surface area contributed by atoms with Crippen LogP contribution in [0.1, 0.15) is 6.42 Å². The van der Waals surface area contributed by atoms with Crippen molar-refractivity contribution in [3.63, 3.8) is 0 Å². The van der Waals surface area contributed by atoms with Gasteiger partial charge in [-0.15, -0.1) is 0 Å². The number of nitrogens with two attached hydrogens (primary N) is 1. The molecular weight excluding hydrogens is 76.1 g/mol. The lowest BCUT2D eigenvalue weighted by Gasteiger charge is -1.85. The van der Waals surface area contributed by atoms with E-state index in [0.717, 1.165) is 6.42 Å². The molecule has 0 aliphatic heterocycles. The average molecular weight is 86.1 g/mol. The van der Waals surface area contributed by atoms with E-state index in [1.807, 2.05) is 7.05 Å². The molecule has 2 nitrogen and oxygen atoms in total. The van der Waals surface area contributed by atoms with Crippen molar-refractivity contribution < 1.29 is 0 Å². The molecule has 6 heavy (non-hydrogen) atoms. The van der Waals surface area contributed by atoms with E-state index in [0.29, 0.717) is 12.1 Å². The van der Waals surface area contributed by atoms with E-state index in [1.165, 1.54) is 0 Å². The van der Waals surface area contributed by atoms with Crippen LogP contribution in [0.4, 0.5) is 0 Å². The fourth-order valence-electron chi connectivity index (χ4n) is 0.547. The SMILES string of the molecule is CN[C@@H]1C[C@H]1N. The number of rotatable bonds is 1. The van der Waals surface area contributed by atoms with Crippen molar-refractivity contribution >= 4 is 0 Å². The Kier molecular flexibility index (Phi) is 0.821. The van der Waals surface area contributed by atoms with Gasteiger partial charge >= 0.3 is 0 Å². The lowest BCUT2D eigenvalue weighted by atomic mass is 10.7. The molecule has 2 heteroatoms. The standard InChI is InChI=1S/C4H10N2/c1-6-4-2-3(4)5/h3-4,6H,2,5H2,1H3/t3-,4-/m1/s1. The molecular formula is C4H10N2. The molecule has 1 aliphatic carbocycles. The van der Waals surface area contributed by atoms with Crippen molar-refractivity contribution in [2.24, 2.45) is 5.73 Å². The molecule has 0 heterocycles. The molecule has 1 saturated carbocycles. The predicted octanol–water partition coefficient (Wildman–Crippen LogP) is -0.695. The van der Waals surface area contributed by atoms with Crippen LogP contribution < -0.4 is 11.1 Å². The molecule has 0 aromatic heterocycles. The van der Waals surface area contributed by atoms with E-state index in [-0.39, 0.29) is 0 Å². The Labute approximate surface area is 37.7 Å². The van der Waals surface area contributed by atoms with E-state index < -0.39 is 0 Å². The Morgan fingerprint density at radius 1 is 1.83 bits per heavy atom.